The minimum atomic E-state index is -10.7. The van der Waals surface area contributed by atoms with Crippen molar-refractivity contribution in [2.24, 2.45) is 0 Å². The Morgan fingerprint density at radius 2 is 1.00 bits per heavy atom. The van der Waals surface area contributed by atoms with Crippen molar-refractivity contribution >= 4 is 7.81 Å². The predicted molar refractivity (Wildman–Crippen MR) is 105 cm³/mol. The van der Waals surface area contributed by atoms with E-state index < -0.39 is 7.81 Å². The molecule has 0 saturated carbocycles. The summed E-state index contributed by atoms with van der Waals surface area (Å²) in [6, 6.07) is 0. The first kappa shape index (κ1) is 28.7. The Morgan fingerprint density at radius 1 is 0.704 bits per heavy atom. The standard InChI is InChI=1S/C19H37N.F6P/c1-4-7-8-9-10-11-12-13-14-15-18-19(20,16-5-2)17-6-3;1-7(2,3,4,5)6/h5-6H,2-4,7-18,20H2,1H3;/q;-1/p+1. The molecule has 0 aromatic carbocycles. The summed E-state index contributed by atoms with van der Waals surface area (Å²) < 4.78 is 59.2. The molecule has 0 bridgehead atoms. The third-order valence-electron chi connectivity index (χ3n) is 4.22. The number of halogens is 6. The summed E-state index contributed by atoms with van der Waals surface area (Å²) in [5, 5.41) is 0. The van der Waals surface area contributed by atoms with Crippen LogP contribution >= 0.6 is 7.81 Å². The normalized spacial score (nSPS) is 14.5. The Balaban J connectivity index is 0. The summed E-state index contributed by atoms with van der Waals surface area (Å²) >= 11 is 0. The van der Waals surface area contributed by atoms with E-state index in [1.807, 2.05) is 12.2 Å². The van der Waals surface area contributed by atoms with Crippen LogP contribution in [0.15, 0.2) is 25.3 Å². The average Bonchev–Trinajstić information content (AvgIpc) is 2.46. The first-order valence-electron chi connectivity index (χ1n) is 9.77. The molecule has 0 unspecified atom stereocenters. The van der Waals surface area contributed by atoms with Gasteiger partial charge in [-0.25, -0.2) is 0 Å². The molecule has 0 aliphatic carbocycles. The first-order chi connectivity index (χ1) is 12.1. The molecule has 0 aliphatic rings. The second kappa shape index (κ2) is 12.1. The van der Waals surface area contributed by atoms with E-state index in [2.05, 4.69) is 25.8 Å². The average molecular weight is 425 g/mol. The van der Waals surface area contributed by atoms with E-state index in [1.165, 1.54) is 70.6 Å². The Morgan fingerprint density at radius 3 is 1.30 bits per heavy atom. The van der Waals surface area contributed by atoms with Crippen LogP contribution in [0, 0.1) is 0 Å². The fraction of sp³-hybridized carbons (Fsp3) is 0.789. The summed E-state index contributed by atoms with van der Waals surface area (Å²) in [7, 11) is -10.7. The van der Waals surface area contributed by atoms with Crippen LogP contribution in [0.25, 0.3) is 0 Å². The monoisotopic (exact) mass is 425 g/mol. The van der Waals surface area contributed by atoms with Crippen molar-refractivity contribution in [3.05, 3.63) is 25.3 Å². The van der Waals surface area contributed by atoms with E-state index in [-0.39, 0.29) is 5.54 Å². The van der Waals surface area contributed by atoms with E-state index in [0.717, 1.165) is 12.8 Å². The van der Waals surface area contributed by atoms with Crippen LogP contribution in [0.4, 0.5) is 25.2 Å². The molecule has 0 rings (SSSR count). The van der Waals surface area contributed by atoms with Crippen molar-refractivity contribution in [1.29, 1.82) is 0 Å². The molecule has 0 aliphatic heterocycles. The molecular formula is C19H38F6NP. The molecule has 166 valence electrons. The van der Waals surface area contributed by atoms with E-state index in [9.17, 15) is 25.2 Å². The Labute approximate surface area is 160 Å². The fourth-order valence-electron chi connectivity index (χ4n) is 2.89. The number of hydrogen-bond acceptors (Lipinski definition) is 0. The molecule has 8 heteroatoms. The van der Waals surface area contributed by atoms with E-state index >= 15 is 0 Å². The first-order valence-corrected chi connectivity index (χ1v) is 11.8. The zero-order chi connectivity index (χ0) is 21.5. The minimum absolute atomic E-state index is 0.156. The number of quaternary nitrogens is 1. The molecule has 0 amide bonds. The molecule has 3 N–H and O–H groups in total. The van der Waals surface area contributed by atoms with E-state index in [4.69, 9.17) is 0 Å². The van der Waals surface area contributed by atoms with Crippen LogP contribution in [0.1, 0.15) is 90.4 Å². The zero-order valence-corrected chi connectivity index (χ0v) is 17.6. The molecule has 0 aromatic heterocycles. The van der Waals surface area contributed by atoms with Crippen LogP contribution in [-0.4, -0.2) is 5.54 Å². The molecule has 0 saturated heterocycles. The van der Waals surface area contributed by atoms with E-state index in [1.54, 1.807) is 0 Å². The quantitative estimate of drug-likeness (QED) is 0.117. The summed E-state index contributed by atoms with van der Waals surface area (Å²) in [4.78, 5) is 0. The second-order valence-electron chi connectivity index (χ2n) is 7.38. The molecule has 1 nitrogen and oxygen atoms in total. The van der Waals surface area contributed by atoms with Gasteiger partial charge in [-0.15, -0.1) is 13.2 Å². The third-order valence-corrected chi connectivity index (χ3v) is 4.22. The van der Waals surface area contributed by atoms with Gasteiger partial charge in [0.15, 0.2) is 0 Å². The molecule has 0 atom stereocenters. The van der Waals surface area contributed by atoms with Gasteiger partial charge < -0.3 is 5.73 Å². The van der Waals surface area contributed by atoms with Gasteiger partial charge in [-0.1, -0.05) is 76.9 Å². The molecule has 0 fully saturated rings. The number of hydrogen-bond donors (Lipinski definition) is 1. The van der Waals surface area contributed by atoms with Gasteiger partial charge in [0.25, 0.3) is 0 Å². The predicted octanol–water partition coefficient (Wildman–Crippen LogP) is 8.81. The second-order valence-corrected chi connectivity index (χ2v) is 9.29. The van der Waals surface area contributed by atoms with Gasteiger partial charge in [-0.2, -0.15) is 0 Å². The van der Waals surface area contributed by atoms with Gasteiger partial charge in [0.1, 0.15) is 5.54 Å². The van der Waals surface area contributed by atoms with Crippen LogP contribution in [0.3, 0.4) is 0 Å². The Kier molecular flexibility index (Phi) is 12.8. The van der Waals surface area contributed by atoms with Crippen molar-refractivity contribution in [2.45, 2.75) is 95.9 Å². The SMILES string of the molecule is C=CCC([NH3+])(CC=C)CCCCCCCCCCCC.F[P-](F)(F)(F)(F)F. The van der Waals surface area contributed by atoms with Crippen LogP contribution in [0.2, 0.25) is 0 Å². The molecule has 0 heterocycles. The maximum absolute atomic E-state index is 10.7. The van der Waals surface area contributed by atoms with Crippen LogP contribution < -0.4 is 5.73 Å². The van der Waals surface area contributed by atoms with Gasteiger partial charge >= 0.3 is 33.0 Å². The third kappa shape index (κ3) is 33.5. The van der Waals surface area contributed by atoms with Gasteiger partial charge in [0.2, 0.25) is 0 Å². The maximum atomic E-state index is 9.87. The summed E-state index contributed by atoms with van der Waals surface area (Å²) in [6.45, 7) is 9.99. The number of rotatable bonds is 15. The van der Waals surface area contributed by atoms with Crippen LogP contribution in [-0.2, 0) is 0 Å². The molecule has 0 spiro atoms. The fourth-order valence-corrected chi connectivity index (χ4v) is 2.89. The van der Waals surface area contributed by atoms with Crippen molar-refractivity contribution in [3.8, 4) is 0 Å². The van der Waals surface area contributed by atoms with Gasteiger partial charge in [-0.05, 0) is 6.42 Å². The summed E-state index contributed by atoms with van der Waals surface area (Å²) in [5.41, 5.74) is 4.54. The van der Waals surface area contributed by atoms with Crippen molar-refractivity contribution in [3.63, 3.8) is 0 Å². The van der Waals surface area contributed by atoms with Gasteiger partial charge in [0, 0.05) is 19.3 Å². The Hall–Kier alpha value is -0.550. The number of unbranched alkanes of at least 4 members (excludes halogenated alkanes) is 9. The van der Waals surface area contributed by atoms with Gasteiger partial charge in [-0.3, -0.25) is 0 Å². The molecular weight excluding hydrogens is 387 g/mol. The summed E-state index contributed by atoms with van der Waals surface area (Å²) in [5.74, 6) is 0. The topological polar surface area (TPSA) is 27.6 Å². The van der Waals surface area contributed by atoms with Crippen molar-refractivity contribution in [1.82, 2.24) is 0 Å². The van der Waals surface area contributed by atoms with Crippen molar-refractivity contribution in [2.75, 3.05) is 0 Å². The molecule has 0 aromatic rings. The molecule has 0 radical (unpaired) electrons. The van der Waals surface area contributed by atoms with Gasteiger partial charge in [0.05, 0.1) is 0 Å². The molecule has 27 heavy (non-hydrogen) atoms. The van der Waals surface area contributed by atoms with E-state index in [0.29, 0.717) is 0 Å². The summed E-state index contributed by atoms with van der Waals surface area (Å²) in [6.07, 6.45) is 21.2. The van der Waals surface area contributed by atoms with Crippen LogP contribution in [0.5, 0.6) is 0 Å². The Bertz CT molecular complexity index is 383. The van der Waals surface area contributed by atoms with Crippen molar-refractivity contribution < 1.29 is 30.9 Å². The zero-order valence-electron chi connectivity index (χ0n) is 16.7.